The number of nitrogens with two attached hydrogens (primary N) is 1. The summed E-state index contributed by atoms with van der Waals surface area (Å²) in [5.41, 5.74) is 9.08. The van der Waals surface area contributed by atoms with Gasteiger partial charge >= 0.3 is 6.16 Å². The van der Waals surface area contributed by atoms with Gasteiger partial charge in [-0.2, -0.15) is 0 Å². The van der Waals surface area contributed by atoms with Gasteiger partial charge in [0.15, 0.2) is 0 Å². The van der Waals surface area contributed by atoms with Crippen molar-refractivity contribution in [3.63, 3.8) is 0 Å². The summed E-state index contributed by atoms with van der Waals surface area (Å²) in [6, 6.07) is 12.1. The molecule has 2 aromatic carbocycles. The zero-order valence-corrected chi connectivity index (χ0v) is 18.9. The van der Waals surface area contributed by atoms with Gasteiger partial charge in [-0.3, -0.25) is 4.79 Å². The predicted octanol–water partition coefficient (Wildman–Crippen LogP) is 4.61. The first-order valence-electron chi connectivity index (χ1n) is 10.5. The van der Waals surface area contributed by atoms with E-state index in [1.165, 1.54) is 6.07 Å². The first-order valence-corrected chi connectivity index (χ1v) is 10.9. The Hall–Kier alpha value is -2.57. The SMILES string of the molecule is CC(C)COC(=O)Oc1ccc(C[C@@H](N)C(=O)N2CC(C)Cc3ccccc32)c(Cl)c1. The van der Waals surface area contributed by atoms with Gasteiger partial charge in [0, 0.05) is 17.3 Å². The number of carbonyl (C=O) groups excluding carboxylic acids is 2. The molecule has 0 saturated carbocycles. The van der Waals surface area contributed by atoms with Gasteiger partial charge in [0.2, 0.25) is 5.91 Å². The van der Waals surface area contributed by atoms with Crippen LogP contribution >= 0.6 is 11.6 Å². The average molecular weight is 445 g/mol. The number of anilines is 1. The molecule has 2 N–H and O–H groups in total. The highest BCUT2D eigenvalue weighted by atomic mass is 35.5. The van der Waals surface area contributed by atoms with E-state index in [0.717, 1.165) is 17.7 Å². The molecule has 2 atom stereocenters. The Morgan fingerprint density at radius 3 is 2.68 bits per heavy atom. The molecule has 1 unspecified atom stereocenters. The Balaban J connectivity index is 1.66. The molecule has 1 heterocycles. The number of carbonyl (C=O) groups is 2. The summed E-state index contributed by atoms with van der Waals surface area (Å²) in [4.78, 5) is 26.6. The Labute approximate surface area is 188 Å². The number of nitrogens with zero attached hydrogens (tertiary/aromatic N) is 1. The number of hydrogen-bond acceptors (Lipinski definition) is 5. The molecule has 6 nitrogen and oxygen atoms in total. The Morgan fingerprint density at radius 1 is 1.23 bits per heavy atom. The quantitative estimate of drug-likeness (QED) is 0.519. The lowest BCUT2D eigenvalue weighted by molar-refractivity contribution is -0.120. The van der Waals surface area contributed by atoms with Crippen molar-refractivity contribution in [1.82, 2.24) is 0 Å². The Kier molecular flexibility index (Phi) is 7.57. The van der Waals surface area contributed by atoms with Crippen LogP contribution < -0.4 is 15.4 Å². The molecule has 1 aliphatic heterocycles. The van der Waals surface area contributed by atoms with Crippen LogP contribution in [0.1, 0.15) is 31.9 Å². The van der Waals surface area contributed by atoms with Crippen LogP contribution in [0.4, 0.5) is 10.5 Å². The molecule has 0 fully saturated rings. The Morgan fingerprint density at radius 2 is 1.97 bits per heavy atom. The van der Waals surface area contributed by atoms with Crippen LogP contribution in [-0.4, -0.2) is 31.3 Å². The van der Waals surface area contributed by atoms with E-state index in [0.29, 0.717) is 23.0 Å². The second kappa shape index (κ2) is 10.2. The lowest BCUT2D eigenvalue weighted by Crippen LogP contribution is -2.48. The Bertz CT molecular complexity index is 947. The minimum atomic E-state index is -0.776. The van der Waals surface area contributed by atoms with E-state index in [-0.39, 0.29) is 30.6 Å². The normalized spacial score (nSPS) is 16.6. The number of ether oxygens (including phenoxy) is 2. The van der Waals surface area contributed by atoms with E-state index >= 15 is 0 Å². The second-order valence-corrected chi connectivity index (χ2v) is 8.91. The molecule has 0 spiro atoms. The molecule has 0 aliphatic carbocycles. The van der Waals surface area contributed by atoms with Crippen molar-refractivity contribution in [2.24, 2.45) is 17.6 Å². The van der Waals surface area contributed by atoms with E-state index in [9.17, 15) is 9.59 Å². The zero-order valence-electron chi connectivity index (χ0n) is 18.1. The number of fused-ring (bicyclic) bond motifs is 1. The lowest BCUT2D eigenvalue weighted by Gasteiger charge is -2.34. The minimum absolute atomic E-state index is 0.132. The monoisotopic (exact) mass is 444 g/mol. The van der Waals surface area contributed by atoms with Gasteiger partial charge in [-0.1, -0.05) is 56.6 Å². The van der Waals surface area contributed by atoms with Gasteiger partial charge < -0.3 is 20.1 Å². The largest absolute Gasteiger partial charge is 0.513 e. The number of benzene rings is 2. The molecule has 3 rings (SSSR count). The van der Waals surface area contributed by atoms with Crippen molar-refractivity contribution in [3.8, 4) is 5.75 Å². The first kappa shape index (κ1) is 23.1. The third kappa shape index (κ3) is 5.99. The molecule has 0 aromatic heterocycles. The van der Waals surface area contributed by atoms with Crippen LogP contribution in [0, 0.1) is 11.8 Å². The summed E-state index contributed by atoms with van der Waals surface area (Å²) in [6.07, 6.45) is 0.451. The smallest absolute Gasteiger partial charge is 0.434 e. The summed E-state index contributed by atoms with van der Waals surface area (Å²) in [6.45, 7) is 6.92. The highest BCUT2D eigenvalue weighted by molar-refractivity contribution is 6.31. The van der Waals surface area contributed by atoms with E-state index in [1.54, 1.807) is 17.0 Å². The fraction of sp³-hybridized carbons (Fsp3) is 0.417. The first-order chi connectivity index (χ1) is 14.7. The molecule has 1 amide bonds. The highest BCUT2D eigenvalue weighted by Gasteiger charge is 2.29. The van der Waals surface area contributed by atoms with Crippen molar-refractivity contribution in [2.45, 2.75) is 39.7 Å². The van der Waals surface area contributed by atoms with Crippen LogP contribution in [0.25, 0.3) is 0 Å². The zero-order chi connectivity index (χ0) is 22.5. The molecule has 0 bridgehead atoms. The predicted molar refractivity (Wildman–Crippen MR) is 122 cm³/mol. The van der Waals surface area contributed by atoms with E-state index in [4.69, 9.17) is 26.8 Å². The van der Waals surface area contributed by atoms with Gasteiger partial charge in [-0.15, -0.1) is 0 Å². The van der Waals surface area contributed by atoms with Gasteiger partial charge in [0.25, 0.3) is 0 Å². The van der Waals surface area contributed by atoms with Gasteiger partial charge in [-0.05, 0) is 54.0 Å². The van der Waals surface area contributed by atoms with Crippen LogP contribution in [0.15, 0.2) is 42.5 Å². The maximum Gasteiger partial charge on any atom is 0.513 e. The number of halogens is 1. The molecule has 0 radical (unpaired) electrons. The number of rotatable bonds is 6. The van der Waals surface area contributed by atoms with Gasteiger partial charge in [-0.25, -0.2) is 4.79 Å². The maximum atomic E-state index is 13.1. The van der Waals surface area contributed by atoms with Crippen molar-refractivity contribution >= 4 is 29.4 Å². The van der Waals surface area contributed by atoms with Crippen molar-refractivity contribution in [1.29, 1.82) is 0 Å². The third-order valence-electron chi connectivity index (χ3n) is 5.13. The number of hydrogen-bond donors (Lipinski definition) is 1. The van der Waals surface area contributed by atoms with Crippen molar-refractivity contribution in [2.75, 3.05) is 18.1 Å². The van der Waals surface area contributed by atoms with Crippen LogP contribution in [0.5, 0.6) is 5.75 Å². The molecule has 31 heavy (non-hydrogen) atoms. The topological polar surface area (TPSA) is 81.9 Å². The summed E-state index contributed by atoms with van der Waals surface area (Å²) in [5.74, 6) is 0.725. The molecular formula is C24H29ClN2O4. The van der Waals surface area contributed by atoms with Crippen molar-refractivity contribution in [3.05, 3.63) is 58.6 Å². The van der Waals surface area contributed by atoms with E-state index in [1.807, 2.05) is 32.0 Å². The minimum Gasteiger partial charge on any atom is -0.434 e. The van der Waals surface area contributed by atoms with Gasteiger partial charge in [0.1, 0.15) is 5.75 Å². The molecule has 2 aromatic rings. The lowest BCUT2D eigenvalue weighted by atomic mass is 9.93. The van der Waals surface area contributed by atoms with Crippen LogP contribution in [-0.2, 0) is 22.4 Å². The number of para-hydroxylation sites is 1. The van der Waals surface area contributed by atoms with E-state index < -0.39 is 12.2 Å². The summed E-state index contributed by atoms with van der Waals surface area (Å²) in [5, 5.41) is 0.379. The summed E-state index contributed by atoms with van der Waals surface area (Å²) < 4.78 is 10.2. The van der Waals surface area contributed by atoms with Crippen molar-refractivity contribution < 1.29 is 19.1 Å². The van der Waals surface area contributed by atoms with E-state index in [2.05, 4.69) is 13.0 Å². The standard InChI is InChI=1S/C24H29ClN2O4/c1-15(2)14-30-24(29)31-19-9-8-17(20(25)12-19)11-21(26)23(28)27-13-16(3)10-18-6-4-5-7-22(18)27/h4-9,12,15-16,21H,10-11,13-14,26H2,1-3H3/t16?,21-/m1/s1. The maximum absolute atomic E-state index is 13.1. The van der Waals surface area contributed by atoms with Gasteiger partial charge in [0.05, 0.1) is 12.6 Å². The fourth-order valence-corrected chi connectivity index (χ4v) is 3.89. The molecule has 166 valence electrons. The highest BCUT2D eigenvalue weighted by Crippen LogP contribution is 2.30. The van der Waals surface area contributed by atoms with Crippen LogP contribution in [0.3, 0.4) is 0 Å². The third-order valence-corrected chi connectivity index (χ3v) is 5.48. The van der Waals surface area contributed by atoms with Crippen LogP contribution in [0.2, 0.25) is 5.02 Å². The molecule has 0 saturated heterocycles. The summed E-state index contributed by atoms with van der Waals surface area (Å²) >= 11 is 6.37. The number of amides is 1. The molecular weight excluding hydrogens is 416 g/mol. The molecule has 1 aliphatic rings. The molecule has 7 heteroatoms. The second-order valence-electron chi connectivity index (χ2n) is 8.51. The average Bonchev–Trinajstić information content (AvgIpc) is 2.73. The fourth-order valence-electron chi connectivity index (χ4n) is 3.65. The summed E-state index contributed by atoms with van der Waals surface area (Å²) in [7, 11) is 0.